The number of hydrogen-bond donors (Lipinski definition) is 1. The third-order valence-corrected chi connectivity index (χ3v) is 5.07. The molecule has 0 atom stereocenters. The van der Waals surface area contributed by atoms with Gasteiger partial charge in [0.15, 0.2) is 5.78 Å². The van der Waals surface area contributed by atoms with Crippen LogP contribution in [0.1, 0.15) is 32.7 Å². The largest absolute Gasteiger partial charge is 0.351 e. The summed E-state index contributed by atoms with van der Waals surface area (Å²) in [5.74, 6) is -0.163. The number of nitrogens with zero attached hydrogens (tertiary/aromatic N) is 2. The maximum Gasteiger partial charge on any atom is 0.314 e. The summed E-state index contributed by atoms with van der Waals surface area (Å²) in [6.07, 6.45) is 0.685. The van der Waals surface area contributed by atoms with E-state index in [0.717, 1.165) is 11.1 Å². The lowest BCUT2D eigenvalue weighted by molar-refractivity contribution is 0.0762. The first-order valence-electron chi connectivity index (χ1n) is 8.68. The summed E-state index contributed by atoms with van der Waals surface area (Å²) in [4.78, 5) is 40.1. The minimum Gasteiger partial charge on any atom is -0.351 e. The van der Waals surface area contributed by atoms with Gasteiger partial charge < -0.3 is 15.5 Å². The molecule has 0 radical (unpaired) electrons. The molecular formula is C20H19N3O3. The molecule has 1 heterocycles. The molecule has 2 aromatic carbocycles. The number of carbonyl (C=O) groups is 3. The van der Waals surface area contributed by atoms with Crippen molar-refractivity contribution in [3.05, 3.63) is 59.2 Å². The van der Waals surface area contributed by atoms with Gasteiger partial charge in [-0.1, -0.05) is 30.3 Å². The van der Waals surface area contributed by atoms with Crippen LogP contribution in [0.2, 0.25) is 0 Å². The summed E-state index contributed by atoms with van der Waals surface area (Å²) < 4.78 is 0. The van der Waals surface area contributed by atoms with Gasteiger partial charge >= 0.3 is 6.03 Å². The van der Waals surface area contributed by atoms with Crippen LogP contribution >= 0.6 is 0 Å². The lowest BCUT2D eigenvalue weighted by atomic mass is 10.0. The van der Waals surface area contributed by atoms with Gasteiger partial charge in [0.25, 0.3) is 5.91 Å². The van der Waals surface area contributed by atoms with Crippen LogP contribution in [0.15, 0.2) is 42.5 Å². The molecule has 2 aliphatic rings. The number of benzene rings is 2. The average Bonchev–Trinajstić information content (AvgIpc) is 2.82. The number of hydrogen-bond acceptors (Lipinski definition) is 3. The summed E-state index contributed by atoms with van der Waals surface area (Å²) in [6, 6.07) is 12.3. The van der Waals surface area contributed by atoms with Gasteiger partial charge in [0.1, 0.15) is 0 Å². The van der Waals surface area contributed by atoms with Gasteiger partial charge in [0.05, 0.1) is 0 Å². The molecule has 0 aromatic heterocycles. The van der Waals surface area contributed by atoms with Gasteiger partial charge in [-0.25, -0.2) is 4.79 Å². The molecule has 26 heavy (non-hydrogen) atoms. The maximum absolute atomic E-state index is 12.9. The Hall–Kier alpha value is -3.15. The monoisotopic (exact) mass is 349 g/mol. The first-order chi connectivity index (χ1) is 12.6. The summed E-state index contributed by atoms with van der Waals surface area (Å²) in [5, 5.41) is 0. The molecule has 2 aromatic rings. The van der Waals surface area contributed by atoms with Crippen molar-refractivity contribution in [2.75, 3.05) is 26.2 Å². The first kappa shape index (κ1) is 16.3. The summed E-state index contributed by atoms with van der Waals surface area (Å²) in [5.41, 5.74) is 8.87. The predicted molar refractivity (Wildman–Crippen MR) is 97.0 cm³/mol. The van der Waals surface area contributed by atoms with Gasteiger partial charge in [0, 0.05) is 42.9 Å². The molecule has 0 spiro atoms. The highest BCUT2D eigenvalue weighted by Crippen LogP contribution is 2.36. The highest BCUT2D eigenvalue weighted by atomic mass is 16.2. The van der Waals surface area contributed by atoms with Crippen LogP contribution in [0.4, 0.5) is 4.79 Å². The second-order valence-corrected chi connectivity index (χ2v) is 6.61. The summed E-state index contributed by atoms with van der Waals surface area (Å²) >= 11 is 0. The zero-order chi connectivity index (χ0) is 18.3. The van der Waals surface area contributed by atoms with Crippen LogP contribution in [0, 0.1) is 0 Å². The Morgan fingerprint density at radius 1 is 0.808 bits per heavy atom. The number of urea groups is 1. The Kier molecular flexibility index (Phi) is 3.95. The Balaban J connectivity index is 1.59. The van der Waals surface area contributed by atoms with Crippen molar-refractivity contribution in [2.45, 2.75) is 6.42 Å². The normalized spacial score (nSPS) is 16.1. The second-order valence-electron chi connectivity index (χ2n) is 6.61. The van der Waals surface area contributed by atoms with Crippen molar-refractivity contribution in [2.24, 2.45) is 5.73 Å². The van der Waals surface area contributed by atoms with Crippen LogP contribution in [-0.4, -0.2) is 53.7 Å². The SMILES string of the molecule is NC(=O)N1CCCN(C(=O)c2ccc3c(c2)C(=O)c2ccccc2-3)CC1. The lowest BCUT2D eigenvalue weighted by Gasteiger charge is -2.21. The average molecular weight is 349 g/mol. The Labute approximate surface area is 151 Å². The third kappa shape index (κ3) is 2.63. The maximum atomic E-state index is 12.9. The molecule has 6 nitrogen and oxygen atoms in total. The zero-order valence-electron chi connectivity index (χ0n) is 14.3. The number of primary amides is 1. The molecule has 1 aliphatic heterocycles. The molecule has 3 amide bonds. The molecule has 0 unspecified atom stereocenters. The molecule has 0 bridgehead atoms. The number of carbonyl (C=O) groups excluding carboxylic acids is 3. The third-order valence-electron chi connectivity index (χ3n) is 5.07. The van der Waals surface area contributed by atoms with E-state index in [4.69, 9.17) is 5.73 Å². The van der Waals surface area contributed by atoms with Crippen LogP contribution in [0.3, 0.4) is 0 Å². The van der Waals surface area contributed by atoms with Gasteiger partial charge in [-0.15, -0.1) is 0 Å². The zero-order valence-corrected chi connectivity index (χ0v) is 14.3. The standard InChI is InChI=1S/C20H19N3O3/c21-20(26)23-9-3-8-22(10-11-23)19(25)13-6-7-15-14-4-1-2-5-16(14)18(24)17(15)12-13/h1-2,4-7,12H,3,8-11H2,(H2,21,26). The fraction of sp³-hybridized carbons (Fsp3) is 0.250. The van der Waals surface area contributed by atoms with E-state index in [-0.39, 0.29) is 11.7 Å². The van der Waals surface area contributed by atoms with E-state index in [2.05, 4.69) is 0 Å². The molecule has 1 fully saturated rings. The van der Waals surface area contributed by atoms with Crippen LogP contribution in [0.25, 0.3) is 11.1 Å². The minimum atomic E-state index is -0.458. The lowest BCUT2D eigenvalue weighted by Crippen LogP contribution is -2.39. The van der Waals surface area contributed by atoms with Gasteiger partial charge in [0.2, 0.25) is 0 Å². The van der Waals surface area contributed by atoms with Crippen LogP contribution < -0.4 is 5.73 Å². The Morgan fingerprint density at radius 3 is 2.23 bits per heavy atom. The number of amides is 3. The van der Waals surface area contributed by atoms with Crippen molar-refractivity contribution in [3.63, 3.8) is 0 Å². The summed E-state index contributed by atoms with van der Waals surface area (Å²) in [7, 11) is 0. The fourth-order valence-electron chi connectivity index (χ4n) is 3.68. The number of fused-ring (bicyclic) bond motifs is 3. The number of nitrogens with two attached hydrogens (primary N) is 1. The topological polar surface area (TPSA) is 83.7 Å². The Morgan fingerprint density at radius 2 is 1.46 bits per heavy atom. The van der Waals surface area contributed by atoms with Gasteiger partial charge in [-0.05, 0) is 29.7 Å². The molecule has 0 saturated carbocycles. The van der Waals surface area contributed by atoms with Crippen molar-refractivity contribution < 1.29 is 14.4 Å². The van der Waals surface area contributed by atoms with Crippen molar-refractivity contribution >= 4 is 17.7 Å². The molecule has 132 valence electrons. The van der Waals surface area contributed by atoms with E-state index in [1.165, 1.54) is 0 Å². The van der Waals surface area contributed by atoms with Crippen molar-refractivity contribution in [1.29, 1.82) is 0 Å². The molecule has 4 rings (SSSR count). The quantitative estimate of drug-likeness (QED) is 0.730. The summed E-state index contributed by atoms with van der Waals surface area (Å²) in [6.45, 7) is 1.98. The van der Waals surface area contributed by atoms with E-state index in [1.54, 1.807) is 21.9 Å². The van der Waals surface area contributed by atoms with Crippen molar-refractivity contribution in [3.8, 4) is 11.1 Å². The van der Waals surface area contributed by atoms with E-state index >= 15 is 0 Å². The van der Waals surface area contributed by atoms with Crippen LogP contribution in [-0.2, 0) is 0 Å². The molecule has 2 N–H and O–H groups in total. The first-order valence-corrected chi connectivity index (χ1v) is 8.68. The van der Waals surface area contributed by atoms with E-state index < -0.39 is 6.03 Å². The second kappa shape index (κ2) is 6.29. The molecule has 1 aliphatic carbocycles. The predicted octanol–water partition coefficient (Wildman–Crippen LogP) is 2.12. The molecule has 1 saturated heterocycles. The van der Waals surface area contributed by atoms with Crippen molar-refractivity contribution in [1.82, 2.24) is 9.80 Å². The number of ketones is 1. The van der Waals surface area contributed by atoms with E-state index in [9.17, 15) is 14.4 Å². The van der Waals surface area contributed by atoms with E-state index in [1.807, 2.05) is 30.3 Å². The number of rotatable bonds is 1. The highest BCUT2D eigenvalue weighted by molar-refractivity contribution is 6.22. The fourth-order valence-corrected chi connectivity index (χ4v) is 3.68. The molecule has 6 heteroatoms. The van der Waals surface area contributed by atoms with Crippen LogP contribution in [0.5, 0.6) is 0 Å². The highest BCUT2D eigenvalue weighted by Gasteiger charge is 2.28. The Bertz CT molecular complexity index is 922. The smallest absolute Gasteiger partial charge is 0.314 e. The van der Waals surface area contributed by atoms with Gasteiger partial charge in [-0.3, -0.25) is 9.59 Å². The minimum absolute atomic E-state index is 0.0407. The van der Waals surface area contributed by atoms with E-state index in [0.29, 0.717) is 49.3 Å². The molecular weight excluding hydrogens is 330 g/mol. The van der Waals surface area contributed by atoms with Gasteiger partial charge in [-0.2, -0.15) is 0 Å².